The van der Waals surface area contributed by atoms with E-state index in [-0.39, 0.29) is 0 Å². The molecule has 1 N–H and O–H groups in total. The van der Waals surface area contributed by atoms with E-state index in [1.807, 2.05) is 6.07 Å². The fourth-order valence-electron chi connectivity index (χ4n) is 1.74. The van der Waals surface area contributed by atoms with Crippen LogP contribution in [0.25, 0.3) is 0 Å². The molecule has 0 spiro atoms. The van der Waals surface area contributed by atoms with Crippen LogP contribution in [-0.2, 0) is 6.54 Å². The summed E-state index contributed by atoms with van der Waals surface area (Å²) in [5.74, 6) is 1.21. The Balaban J connectivity index is 2.16. The van der Waals surface area contributed by atoms with Gasteiger partial charge < -0.3 is 9.84 Å². The van der Waals surface area contributed by atoms with Gasteiger partial charge in [0.15, 0.2) is 0 Å². The molecule has 0 aromatic heterocycles. The third kappa shape index (κ3) is 1.82. The summed E-state index contributed by atoms with van der Waals surface area (Å²) in [5.41, 5.74) is 1.07. The van der Waals surface area contributed by atoms with Gasteiger partial charge in [-0.3, -0.25) is 4.90 Å². The quantitative estimate of drug-likeness (QED) is 0.779. The Bertz CT molecular complexity index is 325. The molecule has 0 aliphatic carbocycles. The van der Waals surface area contributed by atoms with Crippen molar-refractivity contribution in [1.82, 2.24) is 4.90 Å². The molecule has 0 bridgehead atoms. The standard InChI is InChI=1S/C11H15NO2/c1-2-5-12-7-9-6-10(13)3-4-11(9)14-8-12/h3-4,6,13H,2,5,7-8H2,1H3. The molecule has 0 fully saturated rings. The van der Waals surface area contributed by atoms with Crippen LogP contribution in [-0.4, -0.2) is 23.3 Å². The lowest BCUT2D eigenvalue weighted by Gasteiger charge is -2.28. The smallest absolute Gasteiger partial charge is 0.142 e. The summed E-state index contributed by atoms with van der Waals surface area (Å²) in [6.45, 7) is 4.72. The third-order valence-corrected chi connectivity index (χ3v) is 2.38. The zero-order valence-electron chi connectivity index (χ0n) is 8.36. The molecule has 1 aromatic rings. The van der Waals surface area contributed by atoms with Gasteiger partial charge in [0.1, 0.15) is 18.2 Å². The van der Waals surface area contributed by atoms with E-state index in [0.29, 0.717) is 12.5 Å². The van der Waals surface area contributed by atoms with Crippen LogP contribution in [0.4, 0.5) is 0 Å². The van der Waals surface area contributed by atoms with Crippen molar-refractivity contribution in [2.75, 3.05) is 13.3 Å². The molecule has 0 saturated carbocycles. The summed E-state index contributed by atoms with van der Waals surface area (Å²) in [7, 11) is 0. The molecule has 14 heavy (non-hydrogen) atoms. The predicted octanol–water partition coefficient (Wildman–Crippen LogP) is 1.95. The molecule has 76 valence electrons. The second-order valence-electron chi connectivity index (χ2n) is 3.62. The summed E-state index contributed by atoms with van der Waals surface area (Å²) < 4.78 is 5.56. The number of rotatable bonds is 2. The van der Waals surface area contributed by atoms with Crippen molar-refractivity contribution in [3.8, 4) is 11.5 Å². The fraction of sp³-hybridized carbons (Fsp3) is 0.455. The third-order valence-electron chi connectivity index (χ3n) is 2.38. The van der Waals surface area contributed by atoms with Gasteiger partial charge in [-0.15, -0.1) is 0 Å². The first-order chi connectivity index (χ1) is 6.79. The number of hydrogen-bond acceptors (Lipinski definition) is 3. The Morgan fingerprint density at radius 3 is 3.14 bits per heavy atom. The maximum absolute atomic E-state index is 9.33. The first-order valence-electron chi connectivity index (χ1n) is 4.96. The Hall–Kier alpha value is -1.22. The monoisotopic (exact) mass is 193 g/mol. The van der Waals surface area contributed by atoms with E-state index in [0.717, 1.165) is 30.8 Å². The highest BCUT2D eigenvalue weighted by Gasteiger charge is 2.16. The maximum atomic E-state index is 9.33. The van der Waals surface area contributed by atoms with Gasteiger partial charge in [-0.1, -0.05) is 6.92 Å². The fourth-order valence-corrected chi connectivity index (χ4v) is 1.74. The molecule has 3 nitrogen and oxygen atoms in total. The first-order valence-corrected chi connectivity index (χ1v) is 4.96. The lowest BCUT2D eigenvalue weighted by atomic mass is 10.1. The molecular weight excluding hydrogens is 178 g/mol. The average Bonchev–Trinajstić information content (AvgIpc) is 2.17. The van der Waals surface area contributed by atoms with Crippen LogP contribution in [0.2, 0.25) is 0 Å². The average molecular weight is 193 g/mol. The summed E-state index contributed by atoms with van der Waals surface area (Å²) in [4.78, 5) is 2.22. The minimum Gasteiger partial charge on any atom is -0.508 e. The van der Waals surface area contributed by atoms with E-state index in [9.17, 15) is 5.11 Å². The highest BCUT2D eigenvalue weighted by Crippen LogP contribution is 2.28. The van der Waals surface area contributed by atoms with Gasteiger partial charge in [-0.05, 0) is 24.6 Å². The molecule has 0 unspecified atom stereocenters. The van der Waals surface area contributed by atoms with Gasteiger partial charge in [0.25, 0.3) is 0 Å². The van der Waals surface area contributed by atoms with Crippen molar-refractivity contribution in [2.45, 2.75) is 19.9 Å². The number of ether oxygens (including phenoxy) is 1. The van der Waals surface area contributed by atoms with Crippen LogP contribution in [0, 0.1) is 0 Å². The van der Waals surface area contributed by atoms with Crippen LogP contribution >= 0.6 is 0 Å². The highest BCUT2D eigenvalue weighted by molar-refractivity contribution is 5.40. The predicted molar refractivity (Wildman–Crippen MR) is 54.3 cm³/mol. The molecule has 0 radical (unpaired) electrons. The minimum atomic E-state index is 0.311. The summed E-state index contributed by atoms with van der Waals surface area (Å²) in [6, 6.07) is 5.26. The summed E-state index contributed by atoms with van der Waals surface area (Å²) in [6.07, 6.45) is 1.12. The Morgan fingerprint density at radius 2 is 2.36 bits per heavy atom. The van der Waals surface area contributed by atoms with Gasteiger partial charge in [-0.25, -0.2) is 0 Å². The second-order valence-corrected chi connectivity index (χ2v) is 3.62. The Morgan fingerprint density at radius 1 is 1.50 bits per heavy atom. The van der Waals surface area contributed by atoms with Crippen molar-refractivity contribution in [1.29, 1.82) is 0 Å². The highest BCUT2D eigenvalue weighted by atomic mass is 16.5. The van der Waals surface area contributed by atoms with Crippen molar-refractivity contribution in [3.05, 3.63) is 23.8 Å². The van der Waals surface area contributed by atoms with Gasteiger partial charge in [0.2, 0.25) is 0 Å². The molecule has 1 aliphatic rings. The topological polar surface area (TPSA) is 32.7 Å². The number of phenols is 1. The second kappa shape index (κ2) is 3.88. The molecule has 1 aromatic carbocycles. The first kappa shape index (κ1) is 9.34. The van der Waals surface area contributed by atoms with Crippen LogP contribution in [0.5, 0.6) is 11.5 Å². The summed E-state index contributed by atoms with van der Waals surface area (Å²) in [5, 5.41) is 9.33. The molecule has 1 aliphatic heterocycles. The van der Waals surface area contributed by atoms with E-state index in [1.165, 1.54) is 0 Å². The van der Waals surface area contributed by atoms with E-state index in [1.54, 1.807) is 12.1 Å². The SMILES string of the molecule is CCCN1COc2ccc(O)cc2C1. The molecule has 0 amide bonds. The van der Waals surface area contributed by atoms with Crippen LogP contribution in [0.1, 0.15) is 18.9 Å². The maximum Gasteiger partial charge on any atom is 0.142 e. The normalized spacial score (nSPS) is 16.1. The number of phenolic OH excluding ortho intramolecular Hbond substituents is 1. The van der Waals surface area contributed by atoms with Crippen molar-refractivity contribution >= 4 is 0 Å². The van der Waals surface area contributed by atoms with E-state index in [4.69, 9.17) is 4.74 Å². The molecule has 1 heterocycles. The molecular formula is C11H15NO2. The molecule has 3 heteroatoms. The Kier molecular flexibility index (Phi) is 2.59. The van der Waals surface area contributed by atoms with Crippen LogP contribution < -0.4 is 4.74 Å². The number of fused-ring (bicyclic) bond motifs is 1. The number of hydrogen-bond donors (Lipinski definition) is 1. The largest absolute Gasteiger partial charge is 0.508 e. The molecule has 0 saturated heterocycles. The Labute approximate surface area is 83.9 Å². The van der Waals surface area contributed by atoms with E-state index < -0.39 is 0 Å². The van der Waals surface area contributed by atoms with Crippen LogP contribution in [0.3, 0.4) is 0 Å². The molecule has 2 rings (SSSR count). The number of aromatic hydroxyl groups is 1. The summed E-state index contributed by atoms with van der Waals surface area (Å²) >= 11 is 0. The lowest BCUT2D eigenvalue weighted by molar-refractivity contribution is 0.0953. The van der Waals surface area contributed by atoms with Gasteiger partial charge in [0.05, 0.1) is 0 Å². The van der Waals surface area contributed by atoms with Crippen molar-refractivity contribution in [2.24, 2.45) is 0 Å². The van der Waals surface area contributed by atoms with E-state index >= 15 is 0 Å². The zero-order valence-corrected chi connectivity index (χ0v) is 8.36. The minimum absolute atomic E-state index is 0.311. The molecule has 0 atom stereocenters. The zero-order chi connectivity index (χ0) is 9.97. The van der Waals surface area contributed by atoms with Crippen LogP contribution in [0.15, 0.2) is 18.2 Å². The number of benzene rings is 1. The van der Waals surface area contributed by atoms with Gasteiger partial charge in [-0.2, -0.15) is 0 Å². The van der Waals surface area contributed by atoms with E-state index in [2.05, 4.69) is 11.8 Å². The number of nitrogens with zero attached hydrogens (tertiary/aromatic N) is 1. The van der Waals surface area contributed by atoms with Gasteiger partial charge in [0, 0.05) is 18.7 Å². The van der Waals surface area contributed by atoms with Gasteiger partial charge >= 0.3 is 0 Å². The van der Waals surface area contributed by atoms with Crippen molar-refractivity contribution in [3.63, 3.8) is 0 Å². The lowest BCUT2D eigenvalue weighted by Crippen LogP contribution is -2.32. The van der Waals surface area contributed by atoms with Crippen molar-refractivity contribution < 1.29 is 9.84 Å².